The summed E-state index contributed by atoms with van der Waals surface area (Å²) in [6, 6.07) is 12.2. The Balaban J connectivity index is 2.05. The summed E-state index contributed by atoms with van der Waals surface area (Å²) < 4.78 is 42.0. The van der Waals surface area contributed by atoms with Gasteiger partial charge in [0.1, 0.15) is 0 Å². The molecule has 1 amide bonds. The number of alkyl halides is 3. The average molecular weight is 492 g/mol. The molecule has 3 rings (SSSR count). The van der Waals surface area contributed by atoms with Crippen LogP contribution in [0.2, 0.25) is 0 Å². The number of hydrogen-bond acceptors (Lipinski definition) is 3. The van der Waals surface area contributed by atoms with Crippen molar-refractivity contribution < 1.29 is 23.1 Å². The molecule has 4 nitrogen and oxygen atoms in total. The van der Waals surface area contributed by atoms with E-state index in [1.807, 2.05) is 0 Å². The first kappa shape index (κ1) is 19.1. The van der Waals surface area contributed by atoms with Crippen molar-refractivity contribution in [2.24, 2.45) is 5.10 Å². The highest BCUT2D eigenvalue weighted by Gasteiger charge is 2.63. The predicted molar refractivity (Wildman–Crippen MR) is 96.6 cm³/mol. The molecule has 0 spiro atoms. The molecule has 9 heteroatoms. The second-order valence-corrected chi connectivity index (χ2v) is 7.50. The van der Waals surface area contributed by atoms with E-state index in [1.54, 1.807) is 24.3 Å². The minimum absolute atomic E-state index is 0.0184. The summed E-state index contributed by atoms with van der Waals surface area (Å²) in [5, 5.41) is 14.3. The molecule has 1 aliphatic heterocycles. The Labute approximate surface area is 163 Å². The molecule has 0 bridgehead atoms. The largest absolute Gasteiger partial charge is 0.438 e. The zero-order valence-electron chi connectivity index (χ0n) is 13.0. The van der Waals surface area contributed by atoms with Gasteiger partial charge in [-0.15, -0.1) is 0 Å². The van der Waals surface area contributed by atoms with Crippen molar-refractivity contribution in [3.05, 3.63) is 68.6 Å². The minimum atomic E-state index is -5.07. The molecule has 0 radical (unpaired) electrons. The number of hydrogen-bond donors (Lipinski definition) is 1. The van der Waals surface area contributed by atoms with E-state index in [4.69, 9.17) is 0 Å². The Morgan fingerprint density at radius 3 is 2.35 bits per heavy atom. The van der Waals surface area contributed by atoms with E-state index >= 15 is 0 Å². The summed E-state index contributed by atoms with van der Waals surface area (Å²) in [6.07, 6.45) is -5.93. The Kier molecular flexibility index (Phi) is 4.98. The standard InChI is InChI=1S/C17H11Br2F3N2O2/c18-12-6-4-10(5-7-12)15(25)24-16(26,17(20,21)22)9-14(23-24)11-2-1-3-13(19)8-11/h1-8,26H,9H2/t16-/m0/s1. The minimum Gasteiger partial charge on any atom is -0.362 e. The topological polar surface area (TPSA) is 52.9 Å². The lowest BCUT2D eigenvalue weighted by atomic mass is 10.0. The molecular formula is C17H11Br2F3N2O2. The zero-order valence-corrected chi connectivity index (χ0v) is 16.1. The number of benzene rings is 2. The fraction of sp³-hybridized carbons (Fsp3) is 0.176. The van der Waals surface area contributed by atoms with Crippen LogP contribution in [-0.4, -0.2) is 33.6 Å². The van der Waals surface area contributed by atoms with Crippen LogP contribution < -0.4 is 0 Å². The summed E-state index contributed by atoms with van der Waals surface area (Å²) in [5.74, 6) is -1.04. The van der Waals surface area contributed by atoms with Gasteiger partial charge in [0.05, 0.1) is 12.1 Å². The molecule has 0 fully saturated rings. The average Bonchev–Trinajstić information content (AvgIpc) is 2.94. The molecule has 26 heavy (non-hydrogen) atoms. The number of carbonyl (C=O) groups excluding carboxylic acids is 1. The molecule has 0 aromatic heterocycles. The van der Waals surface area contributed by atoms with Crippen molar-refractivity contribution in [2.45, 2.75) is 18.3 Å². The van der Waals surface area contributed by atoms with Crippen molar-refractivity contribution in [2.75, 3.05) is 0 Å². The Morgan fingerprint density at radius 1 is 1.12 bits per heavy atom. The lowest BCUT2D eigenvalue weighted by Crippen LogP contribution is -2.56. The van der Waals surface area contributed by atoms with Gasteiger partial charge >= 0.3 is 6.18 Å². The van der Waals surface area contributed by atoms with Gasteiger partial charge in [0.2, 0.25) is 0 Å². The lowest BCUT2D eigenvalue weighted by molar-refractivity contribution is -0.297. The van der Waals surface area contributed by atoms with E-state index < -0.39 is 24.2 Å². The van der Waals surface area contributed by atoms with Crippen molar-refractivity contribution in [1.82, 2.24) is 5.01 Å². The summed E-state index contributed by atoms with van der Waals surface area (Å²) >= 11 is 6.43. The summed E-state index contributed by atoms with van der Waals surface area (Å²) in [7, 11) is 0. The van der Waals surface area contributed by atoms with Crippen LogP contribution >= 0.6 is 31.9 Å². The van der Waals surface area contributed by atoms with Crippen LogP contribution in [0.5, 0.6) is 0 Å². The van der Waals surface area contributed by atoms with E-state index in [2.05, 4.69) is 37.0 Å². The first-order valence-corrected chi connectivity index (χ1v) is 8.93. The van der Waals surface area contributed by atoms with Crippen LogP contribution in [0.4, 0.5) is 13.2 Å². The highest BCUT2D eigenvalue weighted by molar-refractivity contribution is 9.10. The van der Waals surface area contributed by atoms with E-state index in [0.29, 0.717) is 14.5 Å². The third-order valence-electron chi connectivity index (χ3n) is 3.88. The van der Waals surface area contributed by atoms with Gasteiger partial charge in [0.15, 0.2) is 0 Å². The SMILES string of the molecule is O=C(c1ccc(Br)cc1)N1N=C(c2cccc(Br)c2)C[C@]1(O)C(F)(F)F. The van der Waals surface area contributed by atoms with Gasteiger partial charge in [0.25, 0.3) is 11.6 Å². The summed E-state index contributed by atoms with van der Waals surface area (Å²) in [5.41, 5.74) is -3.07. The molecular weight excluding hydrogens is 481 g/mol. The zero-order chi connectivity index (χ0) is 19.1. The molecule has 0 saturated carbocycles. The highest BCUT2D eigenvalue weighted by Crippen LogP contribution is 2.42. The second-order valence-electron chi connectivity index (χ2n) is 5.67. The lowest BCUT2D eigenvalue weighted by Gasteiger charge is -2.32. The van der Waals surface area contributed by atoms with Crippen molar-refractivity contribution in [3.63, 3.8) is 0 Å². The second kappa shape index (κ2) is 6.79. The number of hydrazone groups is 1. The van der Waals surface area contributed by atoms with Crippen LogP contribution in [0, 0.1) is 0 Å². The fourth-order valence-corrected chi connectivity index (χ4v) is 3.19. The van der Waals surface area contributed by atoms with Gasteiger partial charge in [-0.25, -0.2) is 0 Å². The van der Waals surface area contributed by atoms with Gasteiger partial charge in [-0.1, -0.05) is 44.0 Å². The highest BCUT2D eigenvalue weighted by atomic mass is 79.9. The fourth-order valence-electron chi connectivity index (χ4n) is 2.52. The van der Waals surface area contributed by atoms with Gasteiger partial charge < -0.3 is 5.11 Å². The maximum Gasteiger partial charge on any atom is 0.438 e. The summed E-state index contributed by atoms with van der Waals surface area (Å²) in [6.45, 7) is 0. The number of amides is 1. The van der Waals surface area contributed by atoms with Crippen molar-refractivity contribution >= 4 is 43.5 Å². The number of nitrogens with zero attached hydrogens (tertiary/aromatic N) is 2. The number of carbonyl (C=O) groups is 1. The van der Waals surface area contributed by atoms with Gasteiger partial charge in [0, 0.05) is 14.5 Å². The first-order valence-electron chi connectivity index (χ1n) is 7.34. The molecule has 1 aliphatic rings. The molecule has 1 N–H and O–H groups in total. The van der Waals surface area contributed by atoms with Crippen LogP contribution in [0.15, 0.2) is 62.6 Å². The molecule has 0 unspecified atom stereocenters. The third-order valence-corrected chi connectivity index (χ3v) is 4.90. The Hall–Kier alpha value is -1.71. The van der Waals surface area contributed by atoms with Crippen molar-refractivity contribution in [1.29, 1.82) is 0 Å². The van der Waals surface area contributed by atoms with Gasteiger partial charge in [-0.05, 0) is 42.0 Å². The van der Waals surface area contributed by atoms with Crippen LogP contribution in [-0.2, 0) is 0 Å². The summed E-state index contributed by atoms with van der Waals surface area (Å²) in [4.78, 5) is 12.6. The van der Waals surface area contributed by atoms with Gasteiger partial charge in [-0.3, -0.25) is 4.79 Å². The maximum atomic E-state index is 13.6. The van der Waals surface area contributed by atoms with E-state index in [0.717, 1.165) is 0 Å². The number of halogens is 5. The van der Waals surface area contributed by atoms with E-state index in [1.165, 1.54) is 24.3 Å². The van der Waals surface area contributed by atoms with E-state index in [-0.39, 0.29) is 16.3 Å². The first-order chi connectivity index (χ1) is 12.1. The van der Waals surface area contributed by atoms with Crippen molar-refractivity contribution in [3.8, 4) is 0 Å². The molecule has 0 aliphatic carbocycles. The maximum absolute atomic E-state index is 13.6. The Morgan fingerprint density at radius 2 is 1.77 bits per heavy atom. The van der Waals surface area contributed by atoms with Crippen LogP contribution in [0.1, 0.15) is 22.3 Å². The molecule has 1 heterocycles. The third kappa shape index (κ3) is 3.43. The monoisotopic (exact) mass is 490 g/mol. The normalized spacial score (nSPS) is 20.2. The number of rotatable bonds is 2. The predicted octanol–water partition coefficient (Wildman–Crippen LogP) is 4.71. The molecule has 136 valence electrons. The quantitative estimate of drug-likeness (QED) is 0.661. The van der Waals surface area contributed by atoms with Gasteiger partial charge in [-0.2, -0.15) is 23.3 Å². The molecule has 1 atom stereocenters. The smallest absolute Gasteiger partial charge is 0.362 e. The number of aliphatic hydroxyl groups is 1. The van der Waals surface area contributed by atoms with Crippen LogP contribution in [0.3, 0.4) is 0 Å². The van der Waals surface area contributed by atoms with E-state index in [9.17, 15) is 23.1 Å². The Bertz CT molecular complexity index is 884. The molecule has 2 aromatic carbocycles. The molecule has 2 aromatic rings. The van der Waals surface area contributed by atoms with Crippen LogP contribution in [0.25, 0.3) is 0 Å². The molecule has 0 saturated heterocycles.